The van der Waals surface area contributed by atoms with Gasteiger partial charge in [0.05, 0.1) is 18.8 Å². The number of aliphatic hydroxyl groups is 1. The molecule has 2 aromatic carbocycles. The molecule has 7 nitrogen and oxygen atoms in total. The topological polar surface area (TPSA) is 116 Å². The molecule has 0 radical (unpaired) electrons. The second kappa shape index (κ2) is 8.98. The molecule has 7 heteroatoms. The normalized spacial score (nSPS) is 12.9. The van der Waals surface area contributed by atoms with Gasteiger partial charge < -0.3 is 29.9 Å². The fourth-order valence-corrected chi connectivity index (χ4v) is 2.92. The van der Waals surface area contributed by atoms with Crippen LogP contribution in [0.1, 0.15) is 35.3 Å². The van der Waals surface area contributed by atoms with Gasteiger partial charge in [-0.05, 0) is 37.6 Å². The lowest BCUT2D eigenvalue weighted by Crippen LogP contribution is -2.39. The van der Waals surface area contributed by atoms with Crippen molar-refractivity contribution in [2.45, 2.75) is 32.0 Å². The maximum atomic E-state index is 12.8. The summed E-state index contributed by atoms with van der Waals surface area (Å²) in [5.74, 6) is -1.12. The molecule has 1 unspecified atom stereocenters. The number of ketones is 1. The SMILES string of the molecule is COc1cc(O)c(CC(OC)C(C)(C)O)c(O)c1C(=O)C=Cc1ccc(O)cc1. The van der Waals surface area contributed by atoms with Crippen molar-refractivity contribution in [2.75, 3.05) is 14.2 Å². The van der Waals surface area contributed by atoms with Gasteiger partial charge in [-0.25, -0.2) is 0 Å². The Morgan fingerprint density at radius 3 is 2.28 bits per heavy atom. The number of ether oxygens (including phenoxy) is 2. The predicted molar refractivity (Wildman–Crippen MR) is 109 cm³/mol. The van der Waals surface area contributed by atoms with Gasteiger partial charge in [0, 0.05) is 25.2 Å². The Balaban J connectivity index is 2.44. The van der Waals surface area contributed by atoms with Crippen LogP contribution < -0.4 is 4.74 Å². The van der Waals surface area contributed by atoms with Gasteiger partial charge in [0.2, 0.25) is 0 Å². The van der Waals surface area contributed by atoms with E-state index in [0.29, 0.717) is 5.56 Å². The van der Waals surface area contributed by atoms with Crippen molar-refractivity contribution < 1.29 is 34.7 Å². The van der Waals surface area contributed by atoms with E-state index in [2.05, 4.69) is 0 Å². The molecule has 0 aliphatic heterocycles. The van der Waals surface area contributed by atoms with Crippen molar-refractivity contribution in [3.05, 3.63) is 53.1 Å². The number of allylic oxidation sites excluding steroid dienone is 1. The van der Waals surface area contributed by atoms with Crippen LogP contribution in [0.2, 0.25) is 0 Å². The van der Waals surface area contributed by atoms with Gasteiger partial charge >= 0.3 is 0 Å². The minimum atomic E-state index is -1.24. The van der Waals surface area contributed by atoms with Crippen LogP contribution in [0, 0.1) is 0 Å². The van der Waals surface area contributed by atoms with Crippen LogP contribution in [0.25, 0.3) is 6.08 Å². The molecule has 2 rings (SSSR count). The van der Waals surface area contributed by atoms with Crippen LogP contribution in [0.4, 0.5) is 0 Å². The van der Waals surface area contributed by atoms with Gasteiger partial charge in [-0.15, -0.1) is 0 Å². The molecule has 0 saturated heterocycles. The Kier molecular flexibility index (Phi) is 6.89. The predicted octanol–water partition coefficient (Wildman–Crippen LogP) is 3.04. The molecule has 0 heterocycles. The quantitative estimate of drug-likeness (QED) is 0.396. The van der Waals surface area contributed by atoms with E-state index in [1.807, 2.05) is 0 Å². The van der Waals surface area contributed by atoms with E-state index in [9.17, 15) is 25.2 Å². The van der Waals surface area contributed by atoms with Crippen LogP contribution in [-0.4, -0.2) is 52.1 Å². The maximum absolute atomic E-state index is 12.8. The third-order valence-electron chi connectivity index (χ3n) is 4.59. The Labute approximate surface area is 169 Å². The van der Waals surface area contributed by atoms with E-state index in [4.69, 9.17) is 9.47 Å². The lowest BCUT2D eigenvalue weighted by atomic mass is 9.92. The number of carbonyl (C=O) groups excluding carboxylic acids is 1. The zero-order chi connectivity index (χ0) is 21.8. The summed E-state index contributed by atoms with van der Waals surface area (Å²) in [7, 11) is 2.73. The van der Waals surface area contributed by atoms with Crippen molar-refractivity contribution in [1.82, 2.24) is 0 Å². The van der Waals surface area contributed by atoms with E-state index < -0.39 is 23.2 Å². The fourth-order valence-electron chi connectivity index (χ4n) is 2.92. The molecule has 29 heavy (non-hydrogen) atoms. The smallest absolute Gasteiger partial charge is 0.193 e. The minimum absolute atomic E-state index is 0.0151. The van der Waals surface area contributed by atoms with Crippen molar-refractivity contribution in [3.8, 4) is 23.0 Å². The summed E-state index contributed by atoms with van der Waals surface area (Å²) >= 11 is 0. The monoisotopic (exact) mass is 402 g/mol. The highest BCUT2D eigenvalue weighted by atomic mass is 16.5. The molecule has 0 aliphatic carbocycles. The second-order valence-electron chi connectivity index (χ2n) is 7.17. The molecule has 0 fully saturated rings. The van der Waals surface area contributed by atoms with E-state index in [1.54, 1.807) is 26.0 Å². The van der Waals surface area contributed by atoms with Crippen molar-refractivity contribution >= 4 is 11.9 Å². The highest BCUT2D eigenvalue weighted by Gasteiger charge is 2.31. The number of phenols is 3. The first-order valence-corrected chi connectivity index (χ1v) is 8.96. The summed E-state index contributed by atoms with van der Waals surface area (Å²) in [6.45, 7) is 3.09. The first-order chi connectivity index (χ1) is 13.6. The van der Waals surface area contributed by atoms with Gasteiger partial charge in [0.15, 0.2) is 5.78 Å². The number of phenolic OH excluding ortho intramolecular Hbond substituents is 3. The number of aromatic hydroxyl groups is 3. The van der Waals surface area contributed by atoms with Crippen LogP contribution in [0.5, 0.6) is 23.0 Å². The summed E-state index contributed by atoms with van der Waals surface area (Å²) in [4.78, 5) is 12.8. The van der Waals surface area contributed by atoms with E-state index in [1.165, 1.54) is 44.6 Å². The van der Waals surface area contributed by atoms with E-state index >= 15 is 0 Å². The largest absolute Gasteiger partial charge is 0.508 e. The fraction of sp³-hybridized carbons (Fsp3) is 0.318. The highest BCUT2D eigenvalue weighted by molar-refractivity contribution is 6.11. The lowest BCUT2D eigenvalue weighted by molar-refractivity contribution is -0.0692. The Bertz CT molecular complexity index is 893. The number of benzene rings is 2. The van der Waals surface area contributed by atoms with Crippen molar-refractivity contribution in [2.24, 2.45) is 0 Å². The summed E-state index contributed by atoms with van der Waals surface area (Å²) in [6.07, 6.45) is 2.03. The molecule has 0 bridgehead atoms. The van der Waals surface area contributed by atoms with Gasteiger partial charge in [0.25, 0.3) is 0 Å². The summed E-state index contributed by atoms with van der Waals surface area (Å²) in [5, 5.41) is 40.6. The van der Waals surface area contributed by atoms with Gasteiger partial charge in [0.1, 0.15) is 28.6 Å². The van der Waals surface area contributed by atoms with E-state index in [-0.39, 0.29) is 34.8 Å². The van der Waals surface area contributed by atoms with E-state index in [0.717, 1.165) is 0 Å². The number of carbonyl (C=O) groups is 1. The Hall–Kier alpha value is -3.03. The molecule has 0 amide bonds. The zero-order valence-electron chi connectivity index (χ0n) is 16.8. The number of methoxy groups -OCH3 is 2. The number of rotatable bonds is 8. The lowest BCUT2D eigenvalue weighted by Gasteiger charge is -2.28. The molecule has 156 valence electrons. The Morgan fingerprint density at radius 1 is 1.14 bits per heavy atom. The van der Waals surface area contributed by atoms with Gasteiger partial charge in [-0.3, -0.25) is 4.79 Å². The Morgan fingerprint density at radius 2 is 1.76 bits per heavy atom. The van der Waals surface area contributed by atoms with Crippen LogP contribution in [0.3, 0.4) is 0 Å². The van der Waals surface area contributed by atoms with Crippen LogP contribution >= 0.6 is 0 Å². The van der Waals surface area contributed by atoms with Gasteiger partial charge in [-0.2, -0.15) is 0 Å². The molecule has 0 aliphatic rings. The molecule has 0 spiro atoms. The minimum Gasteiger partial charge on any atom is -0.508 e. The molecule has 1 atom stereocenters. The van der Waals surface area contributed by atoms with Crippen LogP contribution in [-0.2, 0) is 11.2 Å². The first kappa shape index (κ1) is 22.3. The van der Waals surface area contributed by atoms with Gasteiger partial charge in [-0.1, -0.05) is 18.2 Å². The second-order valence-corrected chi connectivity index (χ2v) is 7.17. The molecule has 4 N–H and O–H groups in total. The van der Waals surface area contributed by atoms with Crippen molar-refractivity contribution in [3.63, 3.8) is 0 Å². The van der Waals surface area contributed by atoms with Crippen molar-refractivity contribution in [1.29, 1.82) is 0 Å². The maximum Gasteiger partial charge on any atom is 0.193 e. The third kappa shape index (κ3) is 5.28. The molecular formula is C22H26O7. The highest BCUT2D eigenvalue weighted by Crippen LogP contribution is 2.40. The number of hydrogen-bond acceptors (Lipinski definition) is 7. The molecule has 0 saturated carbocycles. The first-order valence-electron chi connectivity index (χ1n) is 8.96. The van der Waals surface area contributed by atoms with Crippen LogP contribution in [0.15, 0.2) is 36.4 Å². The zero-order valence-corrected chi connectivity index (χ0v) is 16.8. The summed E-state index contributed by atoms with van der Waals surface area (Å²) in [6, 6.07) is 7.48. The standard InChI is InChI=1S/C22H26O7/c1-22(2,27)19(29-4)11-15-17(25)12-18(28-3)20(21(15)26)16(24)10-7-13-5-8-14(23)9-6-13/h5-10,12,19,23,25-27H,11H2,1-4H3. The summed E-state index contributed by atoms with van der Waals surface area (Å²) < 4.78 is 10.4. The third-order valence-corrected chi connectivity index (χ3v) is 4.59. The average Bonchev–Trinajstić information content (AvgIpc) is 2.65. The molecule has 2 aromatic rings. The average molecular weight is 402 g/mol. The molecular weight excluding hydrogens is 376 g/mol. The summed E-state index contributed by atoms with van der Waals surface area (Å²) in [5.41, 5.74) is -0.603. The number of hydrogen-bond donors (Lipinski definition) is 4. The molecule has 0 aromatic heterocycles.